The van der Waals surface area contributed by atoms with Crippen molar-refractivity contribution in [2.75, 3.05) is 19.1 Å². The Morgan fingerprint density at radius 2 is 1.84 bits per heavy atom. The van der Waals surface area contributed by atoms with E-state index >= 15 is 0 Å². The number of anilines is 2. The van der Waals surface area contributed by atoms with Crippen molar-refractivity contribution in [1.29, 1.82) is 0 Å². The quantitative estimate of drug-likeness (QED) is 0.326. The summed E-state index contributed by atoms with van der Waals surface area (Å²) in [5.74, 6) is -0.358. The van der Waals surface area contributed by atoms with E-state index in [1.165, 1.54) is 19.1 Å². The average molecular weight is 536 g/mol. The van der Waals surface area contributed by atoms with Crippen LogP contribution in [0.25, 0.3) is 10.9 Å². The molecule has 0 radical (unpaired) electrons. The molecule has 1 fully saturated rings. The van der Waals surface area contributed by atoms with Crippen molar-refractivity contribution in [1.82, 2.24) is 15.3 Å². The van der Waals surface area contributed by atoms with Gasteiger partial charge in [0.2, 0.25) is 11.8 Å². The molecule has 10 nitrogen and oxygen atoms in total. The fraction of sp³-hybridized carbons (Fsp3) is 0.192. The molecule has 0 aliphatic heterocycles. The number of hydrogen-bond donors (Lipinski definition) is 2. The minimum atomic E-state index is -1.32. The van der Waals surface area contributed by atoms with E-state index in [0.717, 1.165) is 6.20 Å². The van der Waals surface area contributed by atoms with Gasteiger partial charge in [-0.1, -0.05) is 11.3 Å². The molecule has 2 aromatic heterocycles. The van der Waals surface area contributed by atoms with Crippen LogP contribution in [0.2, 0.25) is 0 Å². The highest BCUT2D eigenvalue weighted by atomic mass is 32.1. The molecule has 38 heavy (non-hydrogen) atoms. The van der Waals surface area contributed by atoms with E-state index in [9.17, 15) is 18.8 Å². The number of benzene rings is 2. The van der Waals surface area contributed by atoms with Gasteiger partial charge >= 0.3 is 0 Å². The predicted molar refractivity (Wildman–Crippen MR) is 138 cm³/mol. The summed E-state index contributed by atoms with van der Waals surface area (Å²) >= 11 is 0.685. The number of halogens is 1. The average Bonchev–Trinajstić information content (AvgIpc) is 3.64. The van der Waals surface area contributed by atoms with Crippen LogP contribution in [0.5, 0.6) is 17.2 Å². The lowest BCUT2D eigenvalue weighted by molar-refractivity contribution is -0.133. The third kappa shape index (κ3) is 4.39. The summed E-state index contributed by atoms with van der Waals surface area (Å²) in [5, 5.41) is 2.69. The summed E-state index contributed by atoms with van der Waals surface area (Å²) in [4.78, 5) is 47.3. The molecule has 0 atom stereocenters. The first kappa shape index (κ1) is 25.1. The first-order valence-corrected chi connectivity index (χ1v) is 12.3. The van der Waals surface area contributed by atoms with Crippen LogP contribution in [0.4, 0.5) is 15.2 Å². The highest BCUT2D eigenvalue weighted by Gasteiger charge is 2.57. The number of ether oxygens (including phenoxy) is 2. The van der Waals surface area contributed by atoms with Gasteiger partial charge in [0, 0.05) is 24.7 Å². The van der Waals surface area contributed by atoms with Crippen molar-refractivity contribution in [3.8, 4) is 17.2 Å². The van der Waals surface area contributed by atoms with E-state index < -0.39 is 22.4 Å². The summed E-state index contributed by atoms with van der Waals surface area (Å²) in [6, 6.07) is 11.4. The van der Waals surface area contributed by atoms with Gasteiger partial charge < -0.3 is 20.5 Å². The molecule has 0 spiro atoms. The molecule has 4 aromatic rings. The number of nitrogens with two attached hydrogens (primary N) is 1. The number of aromatic nitrogens is 2. The number of nitrogens with zero attached hydrogens (tertiary/aromatic N) is 3. The van der Waals surface area contributed by atoms with Crippen molar-refractivity contribution in [2.45, 2.75) is 12.8 Å². The lowest BCUT2D eigenvalue weighted by Gasteiger charge is -2.24. The van der Waals surface area contributed by atoms with E-state index in [0.29, 0.717) is 63.6 Å². The van der Waals surface area contributed by atoms with Crippen molar-refractivity contribution in [3.63, 3.8) is 0 Å². The number of nitrogens with one attached hydrogen (secondary N) is 1. The maximum Gasteiger partial charge on any atom is 0.254 e. The summed E-state index contributed by atoms with van der Waals surface area (Å²) in [5.41, 5.74) is 5.44. The highest BCUT2D eigenvalue weighted by Crippen LogP contribution is 2.49. The molecule has 194 valence electrons. The number of hydrogen-bond acceptors (Lipinski definition) is 8. The van der Waals surface area contributed by atoms with Crippen LogP contribution in [0.15, 0.2) is 54.9 Å². The standard InChI is InChI=1S/C26H22FN5O5S/c1-29-22(33)17-11-16-18(12-20(17)36-2)30-10-7-19(16)37-15-5-3-14(4-6-15)32(25-31-13-21(27)38-25)24(35)26(8-9-26)23(28)34/h3-7,10-13H,8-9H2,1-2H3,(H2,28,34)(H,29,33). The first-order valence-electron chi connectivity index (χ1n) is 11.5. The van der Waals surface area contributed by atoms with Crippen molar-refractivity contribution >= 4 is 50.8 Å². The van der Waals surface area contributed by atoms with Crippen LogP contribution in [-0.2, 0) is 9.59 Å². The molecule has 0 unspecified atom stereocenters. The topological polar surface area (TPSA) is 137 Å². The molecule has 2 aromatic carbocycles. The Kier molecular flexibility index (Phi) is 6.41. The molecule has 12 heteroatoms. The van der Waals surface area contributed by atoms with E-state index in [1.54, 1.807) is 48.7 Å². The van der Waals surface area contributed by atoms with Gasteiger partial charge in [-0.2, -0.15) is 4.39 Å². The van der Waals surface area contributed by atoms with Gasteiger partial charge in [-0.25, -0.2) is 4.98 Å². The lowest BCUT2D eigenvalue weighted by atomic mass is 10.0. The maximum absolute atomic E-state index is 13.8. The predicted octanol–water partition coefficient (Wildman–Crippen LogP) is 3.92. The van der Waals surface area contributed by atoms with Crippen LogP contribution >= 0.6 is 11.3 Å². The van der Waals surface area contributed by atoms with Gasteiger partial charge in [-0.3, -0.25) is 24.3 Å². The van der Waals surface area contributed by atoms with Crippen LogP contribution < -0.4 is 25.4 Å². The van der Waals surface area contributed by atoms with E-state index in [2.05, 4.69) is 15.3 Å². The molecule has 1 aliphatic carbocycles. The third-order valence-electron chi connectivity index (χ3n) is 6.31. The van der Waals surface area contributed by atoms with Gasteiger partial charge in [0.25, 0.3) is 5.91 Å². The second-order valence-corrected chi connectivity index (χ2v) is 9.55. The largest absolute Gasteiger partial charge is 0.496 e. The molecule has 3 N–H and O–H groups in total. The van der Waals surface area contributed by atoms with Gasteiger partial charge in [0.1, 0.15) is 22.7 Å². The Bertz CT molecular complexity index is 1570. The second-order valence-electron chi connectivity index (χ2n) is 8.59. The number of carbonyl (C=O) groups excluding carboxylic acids is 3. The summed E-state index contributed by atoms with van der Waals surface area (Å²) in [7, 11) is 2.99. The van der Waals surface area contributed by atoms with Crippen LogP contribution in [0.3, 0.4) is 0 Å². The van der Waals surface area contributed by atoms with Gasteiger partial charge in [-0.05, 0) is 49.2 Å². The molecule has 1 saturated carbocycles. The molecule has 5 rings (SSSR count). The van der Waals surface area contributed by atoms with Crippen molar-refractivity contribution < 1.29 is 28.2 Å². The monoisotopic (exact) mass is 535 g/mol. The zero-order valence-corrected chi connectivity index (χ0v) is 21.2. The SMILES string of the molecule is CNC(=O)c1cc2c(Oc3ccc(N(C(=O)C4(C(N)=O)CC4)c4ncc(F)s4)cc3)ccnc2cc1OC. The maximum atomic E-state index is 13.8. The molecule has 3 amide bonds. The molecule has 2 heterocycles. The number of thiazole rings is 1. The summed E-state index contributed by atoms with van der Waals surface area (Å²) in [6.45, 7) is 0. The number of fused-ring (bicyclic) bond motifs is 1. The van der Waals surface area contributed by atoms with Crippen molar-refractivity contribution in [2.24, 2.45) is 11.1 Å². The fourth-order valence-corrected chi connectivity index (χ4v) is 4.74. The molecule has 0 bridgehead atoms. The lowest BCUT2D eigenvalue weighted by Crippen LogP contribution is -2.41. The summed E-state index contributed by atoms with van der Waals surface area (Å²) in [6.07, 6.45) is 3.23. The minimum absolute atomic E-state index is 0.0875. The number of amides is 3. The molecule has 0 saturated heterocycles. The van der Waals surface area contributed by atoms with E-state index in [1.807, 2.05) is 0 Å². The Balaban J connectivity index is 1.48. The highest BCUT2D eigenvalue weighted by molar-refractivity contribution is 7.14. The number of primary amides is 1. The smallest absolute Gasteiger partial charge is 0.254 e. The van der Waals surface area contributed by atoms with Crippen LogP contribution in [0.1, 0.15) is 23.2 Å². The molecule has 1 aliphatic rings. The Labute approximate surface area is 220 Å². The van der Waals surface area contributed by atoms with Crippen LogP contribution in [0, 0.1) is 10.5 Å². The molecular weight excluding hydrogens is 513 g/mol. The van der Waals surface area contributed by atoms with Crippen LogP contribution in [-0.4, -0.2) is 41.8 Å². The van der Waals surface area contributed by atoms with Crippen molar-refractivity contribution in [3.05, 3.63) is 65.6 Å². The summed E-state index contributed by atoms with van der Waals surface area (Å²) < 4.78 is 25.2. The molecular formula is C26H22FN5O5S. The number of pyridine rings is 1. The number of rotatable bonds is 8. The number of methoxy groups -OCH3 is 1. The zero-order valence-electron chi connectivity index (χ0n) is 20.4. The zero-order chi connectivity index (χ0) is 27.0. The normalized spacial score (nSPS) is 13.6. The number of carbonyl (C=O) groups is 3. The Morgan fingerprint density at radius 3 is 2.42 bits per heavy atom. The fourth-order valence-electron chi connectivity index (χ4n) is 4.08. The Hall–Kier alpha value is -4.58. The van der Waals surface area contributed by atoms with Gasteiger partial charge in [-0.15, -0.1) is 0 Å². The first-order chi connectivity index (χ1) is 18.3. The Morgan fingerprint density at radius 1 is 1.11 bits per heavy atom. The minimum Gasteiger partial charge on any atom is -0.496 e. The van der Waals surface area contributed by atoms with Gasteiger partial charge in [0.05, 0.1) is 30.1 Å². The third-order valence-corrected chi connectivity index (χ3v) is 7.08. The second kappa shape index (κ2) is 9.71. The van der Waals surface area contributed by atoms with Gasteiger partial charge in [0.15, 0.2) is 10.3 Å². The van der Waals surface area contributed by atoms with E-state index in [-0.39, 0.29) is 11.0 Å². The van der Waals surface area contributed by atoms with E-state index in [4.69, 9.17) is 15.2 Å².